The number of amides is 2. The van der Waals surface area contributed by atoms with Crippen LogP contribution in [-0.2, 0) is 110 Å². The number of cyclic esters (lactones) is 1. The molecule has 1 aromatic carbocycles. The maximum absolute atomic E-state index is 14.8. The number of ether oxygens (including phenoxy) is 14. The monoisotopic (exact) mass is 1780 g/mol. The molecule has 5 aromatic rings. The smallest absolute Gasteiger partial charge is 0.329 e. The number of methoxy groups -OCH3 is 3. The number of hydrogen-bond acceptors (Lipinski definition) is 32. The first-order valence-corrected chi connectivity index (χ1v) is 45.3. The van der Waals surface area contributed by atoms with Gasteiger partial charge < -0.3 is 113 Å². The molecule has 3 fully saturated rings. The van der Waals surface area contributed by atoms with Crippen LogP contribution in [0.25, 0.3) is 33.4 Å². The number of unbranched alkanes of at least 4 members (excludes halogenated alkanes) is 2. The second-order valence-electron chi connectivity index (χ2n) is 33.7. The number of Topliss-reactive ketones (excluding diaryl/α,β-unsaturated/α-hetero) is 2. The van der Waals surface area contributed by atoms with Crippen LogP contribution in [-0.4, -0.2) is 303 Å². The topological polar surface area (TPSA) is 469 Å². The van der Waals surface area contributed by atoms with Crippen LogP contribution in [0.15, 0.2) is 82.7 Å². The van der Waals surface area contributed by atoms with E-state index >= 15 is 0 Å². The number of esters is 1. The number of fused-ring (bicyclic) bond motifs is 5. The van der Waals surface area contributed by atoms with Crippen LogP contribution in [0.2, 0.25) is 0 Å². The number of rotatable bonds is 45. The molecule has 7 heterocycles. The van der Waals surface area contributed by atoms with Crippen molar-refractivity contribution >= 4 is 63.3 Å². The number of ketones is 2. The molecule has 0 unspecified atom stereocenters. The molecule has 16 atom stereocenters. The van der Waals surface area contributed by atoms with E-state index in [0.29, 0.717) is 222 Å². The molecule has 2 amide bonds. The van der Waals surface area contributed by atoms with Gasteiger partial charge in [0.25, 0.3) is 17.7 Å². The van der Waals surface area contributed by atoms with Gasteiger partial charge in [-0.2, -0.15) is 10.1 Å². The summed E-state index contributed by atoms with van der Waals surface area (Å²) < 4.78 is 91.3. The van der Waals surface area contributed by atoms with Gasteiger partial charge in [0.05, 0.1) is 154 Å². The minimum Gasteiger partial charge on any atom is -0.459 e. The Labute approximate surface area is 745 Å². The summed E-state index contributed by atoms with van der Waals surface area (Å²) >= 11 is 0. The number of benzene rings is 1. The van der Waals surface area contributed by atoms with Gasteiger partial charge in [0, 0.05) is 102 Å². The zero-order valence-electron chi connectivity index (χ0n) is 75.9. The van der Waals surface area contributed by atoms with Crippen molar-refractivity contribution in [3.63, 3.8) is 0 Å². The second-order valence-corrected chi connectivity index (χ2v) is 33.7. The van der Waals surface area contributed by atoms with E-state index in [1.54, 1.807) is 56.5 Å². The molecule has 2 saturated heterocycles. The van der Waals surface area contributed by atoms with Crippen molar-refractivity contribution in [3.05, 3.63) is 84.0 Å². The quantitative estimate of drug-likeness (QED) is 0.00856. The van der Waals surface area contributed by atoms with Gasteiger partial charge in [-0.3, -0.25) is 19.2 Å². The molecule has 2 bridgehead atoms. The van der Waals surface area contributed by atoms with E-state index in [0.717, 1.165) is 55.4 Å². The molecule has 4 aliphatic rings. The Morgan fingerprint density at radius 1 is 0.693 bits per heavy atom. The van der Waals surface area contributed by atoms with Crippen LogP contribution in [0.5, 0.6) is 0 Å². The number of hydrogen-bond donors (Lipinski definition) is 7. The first-order valence-electron chi connectivity index (χ1n) is 45.3. The van der Waals surface area contributed by atoms with Crippen LogP contribution < -0.4 is 22.5 Å². The Morgan fingerprint density at radius 2 is 1.37 bits per heavy atom. The Kier molecular flexibility index (Phi) is 44.2. The number of aryl methyl sites for hydroxylation is 2. The Hall–Kier alpha value is -7.99. The third-order valence-electron chi connectivity index (χ3n) is 24.1. The van der Waals surface area contributed by atoms with Crippen LogP contribution in [0, 0.1) is 29.6 Å². The first-order chi connectivity index (χ1) is 61.4. The van der Waals surface area contributed by atoms with Crippen LogP contribution in [0.3, 0.4) is 0 Å². The predicted molar refractivity (Wildman–Crippen MR) is 472 cm³/mol. The van der Waals surface area contributed by atoms with E-state index in [9.17, 15) is 39.3 Å². The third-order valence-corrected chi connectivity index (χ3v) is 24.1. The predicted octanol–water partition coefficient (Wildman–Crippen LogP) is 7.53. The fraction of sp³-hybridized carbons (Fsp3) is 0.703. The molecular weight excluding hydrogens is 1640 g/mol. The number of nitrogens with one attached hydrogen (secondary N) is 1. The van der Waals surface area contributed by atoms with Crippen LogP contribution in [0.1, 0.15) is 156 Å². The molecule has 1 saturated carbocycles. The van der Waals surface area contributed by atoms with E-state index < -0.39 is 95.7 Å². The molecular formula is C91H141N13O23. The van der Waals surface area contributed by atoms with Crippen molar-refractivity contribution < 1.29 is 110 Å². The number of nitrogen functional groups attached to an aromatic ring is 2. The van der Waals surface area contributed by atoms with Gasteiger partial charge in [-0.15, -0.1) is 5.10 Å². The number of anilines is 2. The summed E-state index contributed by atoms with van der Waals surface area (Å²) in [7, 11) is 4.77. The van der Waals surface area contributed by atoms with Gasteiger partial charge in [0.15, 0.2) is 17.0 Å². The largest absolute Gasteiger partial charge is 0.459 e. The van der Waals surface area contributed by atoms with Gasteiger partial charge in [-0.05, 0) is 151 Å². The summed E-state index contributed by atoms with van der Waals surface area (Å²) in [5.74, 6) is -7.40. The van der Waals surface area contributed by atoms with E-state index in [4.69, 9.17) is 93.0 Å². The standard InChI is InChI=1S/C91H141N13O23/c1-60-19-11-10-12-20-61(2)75(113-7)56-69-26-23-65(6)91(112,127-69)85(109)88(110)103-31-16-13-22-72(103)89(111)125-77(57-76(114-8)62(3)52-64(5)83(107)84(108)82(106)63(4)51-60)70(92)53-66-24-27-74(78(54-66)115-9)124-34-18-14-21-68-58-102(101-99-68)33-36-117-38-40-119-42-44-121-46-48-123-50-49-122-47-45-120-43-41-118-39-37-116-35-29-79(105)95-30-15-17-32-104-87-80(86(93)96-59-97-87)81(100-104)67-25-28-73-71(55-67)98-90(94)126-73/h10-12,19-20,25,28,52,55,58-60,62-63,65-66,69-70,72,74-78,83-84,107-108,112H,13-18,21-24,26-27,29-51,53-54,56-57,92H2,1-9H3,(H2,94,98)(H,95,105)(H2,93,96,97)/b12-10?,19-11+,61-20?,64-52+/t60-,62-,63-,65-,66+,69+,70-,72+,74-,75+,76-,77+,78-,83-,84+,91-/m1/s1. The molecule has 36 nitrogen and oxygen atoms in total. The Bertz CT molecular complexity index is 4270. The molecule has 0 radical (unpaired) electrons. The summed E-state index contributed by atoms with van der Waals surface area (Å²) in [6, 6.07) is 3.66. The van der Waals surface area contributed by atoms with Gasteiger partial charge in [0.1, 0.15) is 47.7 Å². The number of aliphatic hydroxyl groups excluding tert-OH is 2. The third kappa shape index (κ3) is 32.5. The Balaban J connectivity index is 0.587. The van der Waals surface area contributed by atoms with Crippen molar-refractivity contribution in [2.75, 3.05) is 158 Å². The van der Waals surface area contributed by atoms with Crippen molar-refractivity contribution in [2.45, 2.75) is 237 Å². The summed E-state index contributed by atoms with van der Waals surface area (Å²) in [5.41, 5.74) is 24.5. The van der Waals surface area contributed by atoms with E-state index in [1.807, 2.05) is 69.5 Å². The molecule has 708 valence electrons. The highest BCUT2D eigenvalue weighted by Gasteiger charge is 2.53. The van der Waals surface area contributed by atoms with Gasteiger partial charge >= 0.3 is 5.97 Å². The number of aromatic nitrogens is 8. The summed E-state index contributed by atoms with van der Waals surface area (Å²) in [6.07, 6.45) is 17.8. The van der Waals surface area contributed by atoms with Gasteiger partial charge in [-0.25, -0.2) is 24.1 Å². The zero-order chi connectivity index (χ0) is 91.0. The maximum atomic E-state index is 14.8. The molecule has 127 heavy (non-hydrogen) atoms. The fourth-order valence-corrected chi connectivity index (χ4v) is 16.6. The van der Waals surface area contributed by atoms with Crippen molar-refractivity contribution in [1.29, 1.82) is 0 Å². The lowest BCUT2D eigenvalue weighted by Crippen LogP contribution is -2.61. The average Bonchev–Trinajstić information content (AvgIpc) is 1.75. The highest BCUT2D eigenvalue weighted by atomic mass is 16.6. The van der Waals surface area contributed by atoms with Crippen LogP contribution >= 0.6 is 0 Å². The molecule has 3 aliphatic heterocycles. The lowest BCUT2D eigenvalue weighted by atomic mass is 9.80. The molecule has 10 N–H and O–H groups in total. The number of oxazole rings is 1. The summed E-state index contributed by atoms with van der Waals surface area (Å²) in [5, 5.41) is 52.0. The maximum Gasteiger partial charge on any atom is 0.329 e. The lowest BCUT2D eigenvalue weighted by Gasteiger charge is -2.43. The fourth-order valence-electron chi connectivity index (χ4n) is 16.6. The minimum absolute atomic E-state index is 0.0423. The molecule has 36 heteroatoms. The van der Waals surface area contributed by atoms with E-state index in [1.165, 1.54) is 18.3 Å². The SMILES string of the molecule is CO[C@H]1C[C@@H]2CC[C@@H](C)[C@@](O)(O2)C(=O)C(=O)N2CCCC[C@H]2C(=O)O[C@H]([C@H](N)C[C@@H]2CC[C@@H](OCCCCc3cn(CCOCCOCCOCCOCCOCCOCCOCCOCCC(=O)NCCCCn4nc(-c5ccc6oc(N)nc6c5)c5c(N)ncnc54)nn3)[C@H](OC)C2)C[C@@H](OC)[C@H](C)/C=C(\C)[C@@H](O)[C@@H](O)C(=O)[C@H](C)C[C@H](C)/C=C/C=CC=C1C. The number of allylic oxidation sites excluding steroid dienone is 5. The highest BCUT2D eigenvalue weighted by molar-refractivity contribution is 6.39. The summed E-state index contributed by atoms with van der Waals surface area (Å²) in [6.45, 7) is 19.6. The number of nitrogens with zero attached hydrogens (tertiary/aromatic N) is 9. The van der Waals surface area contributed by atoms with E-state index in [-0.39, 0.29) is 68.4 Å². The summed E-state index contributed by atoms with van der Waals surface area (Å²) in [4.78, 5) is 84.1. The highest BCUT2D eigenvalue weighted by Crippen LogP contribution is 2.39. The van der Waals surface area contributed by atoms with Crippen molar-refractivity contribution in [1.82, 2.24) is 49.9 Å². The lowest BCUT2D eigenvalue weighted by molar-refractivity contribution is -0.265. The van der Waals surface area contributed by atoms with Crippen molar-refractivity contribution in [2.24, 2.45) is 35.3 Å². The molecule has 4 aromatic heterocycles. The number of carbonyl (C=O) groups excluding carboxylic acids is 5. The van der Waals surface area contributed by atoms with Crippen LogP contribution in [0.4, 0.5) is 11.8 Å². The molecule has 9 rings (SSSR count). The number of nitrogens with two attached hydrogens (primary N) is 3. The number of piperidine rings is 1. The number of aliphatic hydroxyl groups is 3. The second kappa shape index (κ2) is 54.6. The molecule has 1 aliphatic carbocycles. The van der Waals surface area contributed by atoms with E-state index in [2.05, 4.69) is 30.6 Å². The minimum atomic E-state index is -2.46. The number of carbonyl (C=O) groups is 5. The molecule has 0 spiro atoms. The average molecular weight is 1790 g/mol. The zero-order valence-corrected chi connectivity index (χ0v) is 75.9. The van der Waals surface area contributed by atoms with Gasteiger partial charge in [0.2, 0.25) is 11.7 Å². The van der Waals surface area contributed by atoms with Crippen molar-refractivity contribution in [3.8, 4) is 11.3 Å². The Morgan fingerprint density at radius 3 is 2.05 bits per heavy atom. The first kappa shape index (κ1) is 103. The van der Waals surface area contributed by atoms with Gasteiger partial charge in [-0.1, -0.05) is 69.4 Å². The normalized spacial score (nSPS) is 26.4.